The van der Waals surface area contributed by atoms with E-state index < -0.39 is 11.9 Å². The Bertz CT molecular complexity index is 645. The average molecular weight is 393 g/mol. The number of rotatable bonds is 6. The zero-order chi connectivity index (χ0) is 19.3. The van der Waals surface area contributed by atoms with Gasteiger partial charge in [0.2, 0.25) is 0 Å². The van der Waals surface area contributed by atoms with Gasteiger partial charge >= 0.3 is 6.18 Å². The van der Waals surface area contributed by atoms with E-state index in [1.54, 1.807) is 13.2 Å². The summed E-state index contributed by atoms with van der Waals surface area (Å²) in [4.78, 5) is 4.30. The highest BCUT2D eigenvalue weighted by molar-refractivity contribution is 6.31. The molecule has 0 N–H and O–H groups in total. The van der Waals surface area contributed by atoms with Crippen molar-refractivity contribution in [2.75, 3.05) is 33.3 Å². The minimum atomic E-state index is -4.57. The molecule has 1 aliphatic rings. The molecule has 0 aliphatic carbocycles. The minimum absolute atomic E-state index is 0.181. The molecule has 0 spiro atoms. The lowest BCUT2D eigenvalue weighted by atomic mass is 10.3. The van der Waals surface area contributed by atoms with Gasteiger partial charge in [-0.1, -0.05) is 24.3 Å². The standard InChI is InChI=1S/C17H24ClF3N4O/c1-4-5-7-23-8-6-9-24(11-10-23)14(26-3)12-25-13(2)15(18)16(22-25)17(19,20)21/h4-5,7,14H,1,6,8-12H2,2-3H3/b7-5+. The second kappa shape index (κ2) is 8.92. The molecular weight excluding hydrogens is 369 g/mol. The molecule has 2 heterocycles. The molecule has 0 bridgehead atoms. The number of allylic oxidation sites excluding steroid dienone is 2. The van der Waals surface area contributed by atoms with Gasteiger partial charge in [-0.3, -0.25) is 9.58 Å². The molecule has 0 aromatic carbocycles. The number of hydrogen-bond donors (Lipinski definition) is 0. The van der Waals surface area contributed by atoms with Gasteiger partial charge < -0.3 is 9.64 Å². The fraction of sp³-hybridized carbons (Fsp3) is 0.588. The van der Waals surface area contributed by atoms with E-state index in [1.165, 1.54) is 11.6 Å². The maximum atomic E-state index is 13.0. The SMILES string of the molecule is C=C/C=C/N1CCCN(C(Cn2nc(C(F)(F)F)c(Cl)c2C)OC)CC1. The van der Waals surface area contributed by atoms with Crippen molar-refractivity contribution in [1.29, 1.82) is 0 Å². The molecule has 1 saturated heterocycles. The number of alkyl halides is 3. The molecule has 2 rings (SSSR count). The van der Waals surface area contributed by atoms with Crippen molar-refractivity contribution in [1.82, 2.24) is 19.6 Å². The highest BCUT2D eigenvalue weighted by atomic mass is 35.5. The Morgan fingerprint density at radius 3 is 2.62 bits per heavy atom. The summed E-state index contributed by atoms with van der Waals surface area (Å²) in [6.45, 7) is 8.60. The molecule has 5 nitrogen and oxygen atoms in total. The van der Waals surface area contributed by atoms with Gasteiger partial charge in [-0.15, -0.1) is 0 Å². The maximum absolute atomic E-state index is 13.0. The largest absolute Gasteiger partial charge is 0.436 e. The van der Waals surface area contributed by atoms with Crippen molar-refractivity contribution in [3.05, 3.63) is 41.3 Å². The average Bonchev–Trinajstić information content (AvgIpc) is 2.77. The van der Waals surface area contributed by atoms with Crippen molar-refractivity contribution in [2.24, 2.45) is 0 Å². The van der Waals surface area contributed by atoms with Crippen LogP contribution in [0, 0.1) is 6.92 Å². The molecule has 0 radical (unpaired) electrons. The van der Waals surface area contributed by atoms with Crippen LogP contribution in [0.1, 0.15) is 17.8 Å². The van der Waals surface area contributed by atoms with Crippen LogP contribution in [0.3, 0.4) is 0 Å². The zero-order valence-corrected chi connectivity index (χ0v) is 15.7. The fourth-order valence-corrected chi connectivity index (χ4v) is 3.19. The highest BCUT2D eigenvalue weighted by Crippen LogP contribution is 2.35. The molecule has 1 aromatic rings. The minimum Gasteiger partial charge on any atom is -0.376 e. The summed E-state index contributed by atoms with van der Waals surface area (Å²) in [6.07, 6.45) is 1.57. The lowest BCUT2D eigenvalue weighted by Crippen LogP contribution is -2.42. The fourth-order valence-electron chi connectivity index (χ4n) is 2.95. The molecule has 1 atom stereocenters. The second-order valence-electron chi connectivity index (χ2n) is 6.12. The Morgan fingerprint density at radius 1 is 1.31 bits per heavy atom. The summed E-state index contributed by atoms with van der Waals surface area (Å²) < 4.78 is 45.8. The van der Waals surface area contributed by atoms with Gasteiger partial charge in [0.15, 0.2) is 5.69 Å². The normalized spacial score (nSPS) is 18.3. The Hall–Kier alpha value is -1.51. The molecule has 1 aromatic heterocycles. The Morgan fingerprint density at radius 2 is 2.04 bits per heavy atom. The van der Waals surface area contributed by atoms with Crippen LogP contribution in [0.5, 0.6) is 0 Å². The number of aromatic nitrogens is 2. The lowest BCUT2D eigenvalue weighted by Gasteiger charge is -2.29. The Labute approximate surface area is 156 Å². The second-order valence-corrected chi connectivity index (χ2v) is 6.50. The van der Waals surface area contributed by atoms with E-state index >= 15 is 0 Å². The van der Waals surface area contributed by atoms with Gasteiger partial charge in [0.25, 0.3) is 0 Å². The number of methoxy groups -OCH3 is 1. The number of nitrogens with zero attached hydrogens (tertiary/aromatic N) is 4. The summed E-state index contributed by atoms with van der Waals surface area (Å²) in [5, 5.41) is 3.31. The van der Waals surface area contributed by atoms with Crippen LogP contribution < -0.4 is 0 Å². The monoisotopic (exact) mass is 392 g/mol. The van der Waals surface area contributed by atoms with Crippen molar-refractivity contribution in [3.63, 3.8) is 0 Å². The molecule has 0 amide bonds. The van der Waals surface area contributed by atoms with E-state index in [0.717, 1.165) is 32.6 Å². The third-order valence-electron chi connectivity index (χ3n) is 4.41. The summed E-state index contributed by atoms with van der Waals surface area (Å²) in [7, 11) is 1.55. The number of hydrogen-bond acceptors (Lipinski definition) is 4. The van der Waals surface area contributed by atoms with E-state index in [4.69, 9.17) is 16.3 Å². The van der Waals surface area contributed by atoms with Crippen molar-refractivity contribution in [3.8, 4) is 0 Å². The highest BCUT2D eigenvalue weighted by Gasteiger charge is 2.38. The third-order valence-corrected chi connectivity index (χ3v) is 4.86. The topological polar surface area (TPSA) is 33.5 Å². The molecule has 9 heteroatoms. The van der Waals surface area contributed by atoms with Gasteiger partial charge in [-0.2, -0.15) is 18.3 Å². The molecule has 1 unspecified atom stereocenters. The van der Waals surface area contributed by atoms with E-state index in [-0.39, 0.29) is 23.5 Å². The Kier molecular flexibility index (Phi) is 7.14. The molecule has 0 saturated carbocycles. The van der Waals surface area contributed by atoms with Crippen LogP contribution >= 0.6 is 11.6 Å². The number of ether oxygens (including phenoxy) is 1. The van der Waals surface area contributed by atoms with Crippen molar-refractivity contribution >= 4 is 11.6 Å². The molecule has 1 fully saturated rings. The quantitative estimate of drug-likeness (QED) is 0.693. The van der Waals surface area contributed by atoms with Crippen LogP contribution in [0.15, 0.2) is 24.9 Å². The van der Waals surface area contributed by atoms with Gasteiger partial charge in [0.1, 0.15) is 6.23 Å². The first-order valence-electron chi connectivity index (χ1n) is 8.38. The summed E-state index contributed by atoms with van der Waals surface area (Å²) >= 11 is 5.82. The van der Waals surface area contributed by atoms with Gasteiger partial charge in [-0.25, -0.2) is 0 Å². The van der Waals surface area contributed by atoms with Gasteiger partial charge in [0, 0.05) is 33.3 Å². The van der Waals surface area contributed by atoms with Crippen LogP contribution in [0.25, 0.3) is 0 Å². The van der Waals surface area contributed by atoms with Gasteiger partial charge in [-0.05, 0) is 25.6 Å². The van der Waals surface area contributed by atoms with E-state index in [9.17, 15) is 13.2 Å². The van der Waals surface area contributed by atoms with Crippen LogP contribution in [0.4, 0.5) is 13.2 Å². The first kappa shape index (κ1) is 20.8. The lowest BCUT2D eigenvalue weighted by molar-refractivity contribution is -0.141. The van der Waals surface area contributed by atoms with E-state index in [2.05, 4.69) is 21.5 Å². The number of halogens is 4. The predicted octanol–water partition coefficient (Wildman–Crippen LogP) is 3.54. The predicted molar refractivity (Wildman–Crippen MR) is 94.9 cm³/mol. The van der Waals surface area contributed by atoms with Crippen molar-refractivity contribution in [2.45, 2.75) is 32.3 Å². The molecule has 26 heavy (non-hydrogen) atoms. The van der Waals surface area contributed by atoms with Crippen LogP contribution in [-0.4, -0.2) is 59.1 Å². The molecular formula is C17H24ClF3N4O. The van der Waals surface area contributed by atoms with E-state index in [0.29, 0.717) is 0 Å². The maximum Gasteiger partial charge on any atom is 0.436 e. The van der Waals surface area contributed by atoms with E-state index in [1.807, 2.05) is 12.3 Å². The third kappa shape index (κ3) is 5.02. The molecule has 146 valence electrons. The summed E-state index contributed by atoms with van der Waals surface area (Å²) in [6, 6.07) is 0. The summed E-state index contributed by atoms with van der Waals surface area (Å²) in [5.74, 6) is 0. The van der Waals surface area contributed by atoms with Crippen molar-refractivity contribution < 1.29 is 17.9 Å². The zero-order valence-electron chi connectivity index (χ0n) is 15.0. The first-order valence-corrected chi connectivity index (χ1v) is 8.76. The van der Waals surface area contributed by atoms with Gasteiger partial charge in [0.05, 0.1) is 17.3 Å². The Balaban J connectivity index is 2.10. The smallest absolute Gasteiger partial charge is 0.376 e. The summed E-state index contributed by atoms with van der Waals surface area (Å²) in [5.41, 5.74) is -0.769. The van der Waals surface area contributed by atoms with Crippen LogP contribution in [-0.2, 0) is 17.5 Å². The van der Waals surface area contributed by atoms with Crippen LogP contribution in [0.2, 0.25) is 5.02 Å². The first-order chi connectivity index (χ1) is 12.3. The molecule has 1 aliphatic heterocycles.